The van der Waals surface area contributed by atoms with Gasteiger partial charge in [0.2, 0.25) is 0 Å². The molecule has 0 aliphatic carbocycles. The highest BCUT2D eigenvalue weighted by Crippen LogP contribution is 2.40. The van der Waals surface area contributed by atoms with Gasteiger partial charge in [0, 0.05) is 0 Å². The molecule has 2 aromatic rings. The first-order chi connectivity index (χ1) is 8.87. The molecule has 3 nitrogen and oxygen atoms in total. The summed E-state index contributed by atoms with van der Waals surface area (Å²) in [7, 11) is -1.81. The van der Waals surface area contributed by atoms with Crippen LogP contribution in [0, 0.1) is 0 Å². The van der Waals surface area contributed by atoms with E-state index in [1.165, 1.54) is 24.2 Å². The van der Waals surface area contributed by atoms with Crippen LogP contribution in [0.4, 0.5) is 5.69 Å². The van der Waals surface area contributed by atoms with Crippen molar-refractivity contribution in [2.24, 2.45) is 4.99 Å². The Labute approximate surface area is 107 Å². The number of hydrogen-bond acceptors (Lipinski definition) is 2. The van der Waals surface area contributed by atoms with Gasteiger partial charge in [-0.15, -0.1) is 0 Å². The van der Waals surface area contributed by atoms with E-state index in [1.807, 2.05) is 30.5 Å². The maximum Gasteiger partial charge on any atom is 0.364 e. The number of aromatic nitrogens is 1. The summed E-state index contributed by atoms with van der Waals surface area (Å²) in [6, 6.07) is 14.7. The van der Waals surface area contributed by atoms with E-state index in [2.05, 4.69) is 27.6 Å². The summed E-state index contributed by atoms with van der Waals surface area (Å²) < 4.78 is 8.79. The van der Waals surface area contributed by atoms with Crippen LogP contribution in [0.5, 0.6) is 5.75 Å². The van der Waals surface area contributed by atoms with Crippen molar-refractivity contribution in [1.29, 1.82) is 0 Å². The Morgan fingerprint density at radius 3 is 2.83 bits per heavy atom. The molecule has 0 unspecified atom stereocenters. The lowest BCUT2D eigenvalue weighted by atomic mass is 10.3. The minimum Gasteiger partial charge on any atom is -0.523 e. The van der Waals surface area contributed by atoms with Gasteiger partial charge in [-0.05, 0) is 49.0 Å². The fraction of sp³-hybridized carbons (Fsp3) is 0.214. The summed E-state index contributed by atoms with van der Waals surface area (Å²) in [6.07, 6.45) is 5.40. The number of hydrogen-bond donors (Lipinski definition) is 0. The molecule has 1 aromatic heterocycles. The first kappa shape index (κ1) is 10.1. The van der Waals surface area contributed by atoms with Crippen molar-refractivity contribution in [2.75, 3.05) is 0 Å². The van der Waals surface area contributed by atoms with Crippen LogP contribution in [-0.2, 0) is 0 Å². The quantitative estimate of drug-likeness (QED) is 0.662. The van der Waals surface area contributed by atoms with Gasteiger partial charge in [-0.2, -0.15) is 0 Å². The van der Waals surface area contributed by atoms with Crippen LogP contribution in [0.15, 0.2) is 47.6 Å². The average Bonchev–Trinajstić information content (AvgIpc) is 2.78. The van der Waals surface area contributed by atoms with E-state index in [-0.39, 0.29) is 0 Å². The van der Waals surface area contributed by atoms with Gasteiger partial charge in [-0.3, -0.25) is 4.99 Å². The fourth-order valence-electron chi connectivity index (χ4n) is 2.73. The average molecular weight is 254 g/mol. The Hall–Kier alpha value is -1.81. The van der Waals surface area contributed by atoms with Crippen molar-refractivity contribution < 1.29 is 4.43 Å². The second kappa shape index (κ2) is 3.59. The van der Waals surface area contributed by atoms with Gasteiger partial charge < -0.3 is 8.66 Å². The van der Waals surface area contributed by atoms with Gasteiger partial charge in [0.25, 0.3) is 0 Å². The molecule has 0 bridgehead atoms. The molecule has 18 heavy (non-hydrogen) atoms. The molecule has 4 heteroatoms. The molecule has 2 aliphatic rings. The molecular formula is C14H14N2OSi. The highest BCUT2D eigenvalue weighted by atomic mass is 28.4. The molecule has 1 saturated heterocycles. The lowest BCUT2D eigenvalue weighted by Crippen LogP contribution is -2.55. The van der Waals surface area contributed by atoms with E-state index < -0.39 is 8.48 Å². The fourth-order valence-corrected chi connectivity index (χ4v) is 6.02. The number of aliphatic imine (C=N–C) groups is 1. The molecule has 0 N–H and O–H groups in total. The van der Waals surface area contributed by atoms with Crippen LogP contribution in [0.2, 0.25) is 12.1 Å². The molecule has 0 amide bonds. The van der Waals surface area contributed by atoms with Gasteiger partial charge in [0.15, 0.2) is 0 Å². The van der Waals surface area contributed by atoms with E-state index in [4.69, 9.17) is 4.43 Å². The molecule has 4 rings (SSSR count). The van der Waals surface area contributed by atoms with Crippen LogP contribution >= 0.6 is 0 Å². The Kier molecular flexibility index (Phi) is 2.02. The maximum absolute atomic E-state index is 6.43. The van der Waals surface area contributed by atoms with Crippen LogP contribution in [0.25, 0.3) is 0 Å². The second-order valence-corrected chi connectivity index (χ2v) is 8.51. The zero-order valence-corrected chi connectivity index (χ0v) is 11.0. The third kappa shape index (κ3) is 1.32. The van der Waals surface area contributed by atoms with E-state index in [1.54, 1.807) is 0 Å². The van der Waals surface area contributed by atoms with Gasteiger partial charge in [-0.1, -0.05) is 12.1 Å². The SMILES string of the molecule is C1=Nc2ccccc2O[Si]2(CCC2)n2cccc21. The molecule has 0 saturated carbocycles. The number of fused-ring (bicyclic) bond motifs is 3. The standard InChI is InChI=1S/C14H14N2OSi/c1-2-7-14-13(6-1)15-11-12-5-3-8-16(12)18(17-14)9-4-10-18/h1-3,5-8,11H,4,9-10H2. The van der Waals surface area contributed by atoms with Crippen LogP contribution < -0.4 is 4.43 Å². The Morgan fingerprint density at radius 1 is 1.11 bits per heavy atom. The van der Waals surface area contributed by atoms with Crippen LogP contribution in [0.1, 0.15) is 12.1 Å². The number of rotatable bonds is 0. The molecule has 1 spiro atoms. The summed E-state index contributed by atoms with van der Waals surface area (Å²) in [5.41, 5.74) is 2.12. The molecule has 90 valence electrons. The van der Waals surface area contributed by atoms with Crippen molar-refractivity contribution in [3.05, 3.63) is 48.3 Å². The van der Waals surface area contributed by atoms with E-state index in [9.17, 15) is 0 Å². The van der Waals surface area contributed by atoms with Gasteiger partial charge in [0.1, 0.15) is 11.4 Å². The molecule has 1 aromatic carbocycles. The topological polar surface area (TPSA) is 26.5 Å². The highest BCUT2D eigenvalue weighted by molar-refractivity contribution is 6.75. The minimum absolute atomic E-state index is 0.944. The largest absolute Gasteiger partial charge is 0.523 e. The Balaban J connectivity index is 1.93. The molecule has 3 heterocycles. The first-order valence-corrected chi connectivity index (χ1v) is 8.64. The van der Waals surface area contributed by atoms with Gasteiger partial charge >= 0.3 is 8.48 Å². The number of para-hydroxylation sites is 2. The van der Waals surface area contributed by atoms with E-state index in [0.29, 0.717) is 0 Å². The molecule has 0 radical (unpaired) electrons. The molecule has 0 atom stereocenters. The summed E-state index contributed by atoms with van der Waals surface area (Å²) in [4.78, 5) is 4.54. The van der Waals surface area contributed by atoms with Crippen molar-refractivity contribution in [2.45, 2.75) is 18.5 Å². The lowest BCUT2D eigenvalue weighted by molar-refractivity contribution is 0.480. The van der Waals surface area contributed by atoms with Gasteiger partial charge in [-0.25, -0.2) is 0 Å². The molecular weight excluding hydrogens is 240 g/mol. The predicted octanol–water partition coefficient (Wildman–Crippen LogP) is 3.33. The number of nitrogens with zero attached hydrogens (tertiary/aromatic N) is 2. The maximum atomic E-state index is 6.43. The van der Waals surface area contributed by atoms with Crippen molar-refractivity contribution in [3.8, 4) is 5.75 Å². The second-order valence-electron chi connectivity index (χ2n) is 4.93. The zero-order chi connectivity index (χ0) is 12.0. The summed E-state index contributed by atoms with van der Waals surface area (Å²) in [5, 5.41) is 0. The van der Waals surface area contributed by atoms with Crippen molar-refractivity contribution in [1.82, 2.24) is 4.23 Å². The van der Waals surface area contributed by atoms with Crippen LogP contribution in [-0.4, -0.2) is 18.9 Å². The predicted molar refractivity (Wildman–Crippen MR) is 74.1 cm³/mol. The van der Waals surface area contributed by atoms with Crippen molar-refractivity contribution >= 4 is 20.4 Å². The van der Waals surface area contributed by atoms with Gasteiger partial charge in [0.05, 0.1) is 11.9 Å². The van der Waals surface area contributed by atoms with E-state index in [0.717, 1.165) is 11.4 Å². The van der Waals surface area contributed by atoms with E-state index >= 15 is 0 Å². The summed E-state index contributed by atoms with van der Waals surface area (Å²) in [5.74, 6) is 0.944. The van der Waals surface area contributed by atoms with Crippen LogP contribution in [0.3, 0.4) is 0 Å². The minimum atomic E-state index is -1.81. The summed E-state index contributed by atoms with van der Waals surface area (Å²) in [6.45, 7) is 0. The Morgan fingerprint density at radius 2 is 2.00 bits per heavy atom. The third-order valence-electron chi connectivity index (χ3n) is 3.86. The zero-order valence-electron chi connectivity index (χ0n) is 10.0. The molecule has 2 aliphatic heterocycles. The lowest BCUT2D eigenvalue weighted by Gasteiger charge is -2.41. The monoisotopic (exact) mass is 254 g/mol. The smallest absolute Gasteiger partial charge is 0.364 e. The summed E-state index contributed by atoms with van der Waals surface area (Å²) >= 11 is 0. The normalized spacial score (nSPS) is 19.1. The highest BCUT2D eigenvalue weighted by Gasteiger charge is 2.48. The Bertz CT molecular complexity index is 628. The first-order valence-electron chi connectivity index (χ1n) is 6.37. The molecule has 1 fully saturated rings. The van der Waals surface area contributed by atoms with Crippen molar-refractivity contribution in [3.63, 3.8) is 0 Å². The number of benzene rings is 1. The third-order valence-corrected chi connectivity index (χ3v) is 8.01.